The summed E-state index contributed by atoms with van der Waals surface area (Å²) in [5.74, 6) is 0.305. The molecule has 0 bridgehead atoms. The fourth-order valence-corrected chi connectivity index (χ4v) is 3.20. The minimum atomic E-state index is -0.636. The van der Waals surface area contributed by atoms with Gasteiger partial charge in [0.05, 0.1) is 12.7 Å². The summed E-state index contributed by atoms with van der Waals surface area (Å²) in [6.07, 6.45) is 1.45. The highest BCUT2D eigenvalue weighted by molar-refractivity contribution is 5.95. The van der Waals surface area contributed by atoms with Gasteiger partial charge in [0.15, 0.2) is 6.61 Å². The van der Waals surface area contributed by atoms with E-state index in [2.05, 4.69) is 6.58 Å². The van der Waals surface area contributed by atoms with Crippen LogP contribution in [0.15, 0.2) is 79.6 Å². The molecule has 4 rings (SSSR count). The van der Waals surface area contributed by atoms with E-state index in [1.165, 1.54) is 25.3 Å². The quantitative estimate of drug-likeness (QED) is 0.246. The van der Waals surface area contributed by atoms with Gasteiger partial charge in [-0.3, -0.25) is 0 Å². The van der Waals surface area contributed by atoms with Crippen molar-refractivity contribution in [3.63, 3.8) is 0 Å². The van der Waals surface area contributed by atoms with Gasteiger partial charge in [0.25, 0.3) is 0 Å². The number of hydrogen-bond acceptors (Lipinski definition) is 8. The Morgan fingerprint density at radius 3 is 2.53 bits per heavy atom. The second kappa shape index (κ2) is 8.81. The van der Waals surface area contributed by atoms with Crippen LogP contribution < -0.4 is 20.7 Å². The lowest BCUT2D eigenvalue weighted by Gasteiger charge is -2.09. The van der Waals surface area contributed by atoms with Crippen LogP contribution in [-0.2, 0) is 9.53 Å². The first-order valence-electron chi connectivity index (χ1n) is 9.58. The monoisotopic (exact) mass is 434 g/mol. The van der Waals surface area contributed by atoms with Gasteiger partial charge in [0.2, 0.25) is 0 Å². The SMILES string of the molecule is C=CCOC(=O)COc1ccc2cc(-c3cc(=O)oc4cc(OC)ccc34)c(=O)oc2c1. The second-order valence-corrected chi connectivity index (χ2v) is 6.75. The third-order valence-corrected chi connectivity index (χ3v) is 4.67. The first-order chi connectivity index (χ1) is 15.5. The second-order valence-electron chi connectivity index (χ2n) is 6.75. The molecule has 0 radical (unpaired) electrons. The van der Waals surface area contributed by atoms with Crippen LogP contribution in [0, 0.1) is 0 Å². The molecule has 4 aromatic rings. The van der Waals surface area contributed by atoms with Crippen LogP contribution in [0.4, 0.5) is 0 Å². The van der Waals surface area contributed by atoms with Crippen molar-refractivity contribution in [1.82, 2.24) is 0 Å². The van der Waals surface area contributed by atoms with Gasteiger partial charge in [-0.05, 0) is 30.3 Å². The lowest BCUT2D eigenvalue weighted by Crippen LogP contribution is -2.14. The molecule has 0 atom stereocenters. The Morgan fingerprint density at radius 1 is 0.969 bits per heavy atom. The number of carbonyl (C=O) groups excluding carboxylic acids is 1. The van der Waals surface area contributed by atoms with Crippen LogP contribution in [0.5, 0.6) is 11.5 Å². The van der Waals surface area contributed by atoms with E-state index in [9.17, 15) is 14.4 Å². The molecular formula is C24H18O8. The first kappa shape index (κ1) is 20.9. The minimum Gasteiger partial charge on any atom is -0.497 e. The molecule has 32 heavy (non-hydrogen) atoms. The predicted octanol–water partition coefficient (Wildman–Crippen LogP) is 3.68. The van der Waals surface area contributed by atoms with Crippen molar-refractivity contribution >= 4 is 27.9 Å². The molecule has 0 aliphatic rings. The van der Waals surface area contributed by atoms with Crippen molar-refractivity contribution in [2.45, 2.75) is 0 Å². The molecule has 2 aromatic carbocycles. The maximum atomic E-state index is 12.8. The third-order valence-electron chi connectivity index (χ3n) is 4.67. The molecule has 8 nitrogen and oxygen atoms in total. The van der Waals surface area contributed by atoms with Crippen molar-refractivity contribution < 1.29 is 27.8 Å². The van der Waals surface area contributed by atoms with Gasteiger partial charge in [-0.15, -0.1) is 0 Å². The number of rotatable bonds is 7. The molecule has 0 aliphatic carbocycles. The summed E-state index contributed by atoms with van der Waals surface area (Å²) in [4.78, 5) is 36.4. The van der Waals surface area contributed by atoms with Crippen LogP contribution in [-0.4, -0.2) is 26.3 Å². The average molecular weight is 434 g/mol. The van der Waals surface area contributed by atoms with E-state index >= 15 is 0 Å². The largest absolute Gasteiger partial charge is 0.497 e. The summed E-state index contributed by atoms with van der Waals surface area (Å²) >= 11 is 0. The van der Waals surface area contributed by atoms with Crippen LogP contribution in [0.25, 0.3) is 33.1 Å². The third kappa shape index (κ3) is 4.24. The molecule has 0 spiro atoms. The zero-order valence-corrected chi connectivity index (χ0v) is 17.1. The number of esters is 1. The maximum Gasteiger partial charge on any atom is 0.344 e. The highest BCUT2D eigenvalue weighted by Gasteiger charge is 2.15. The molecule has 2 aromatic heterocycles. The molecule has 0 fully saturated rings. The van der Waals surface area contributed by atoms with E-state index in [4.69, 9.17) is 23.0 Å². The van der Waals surface area contributed by atoms with E-state index in [0.29, 0.717) is 33.4 Å². The van der Waals surface area contributed by atoms with Crippen LogP contribution in [0.2, 0.25) is 0 Å². The van der Waals surface area contributed by atoms with E-state index in [1.807, 2.05) is 0 Å². The van der Waals surface area contributed by atoms with Crippen LogP contribution >= 0.6 is 0 Å². The lowest BCUT2D eigenvalue weighted by molar-refractivity contribution is -0.144. The Morgan fingerprint density at radius 2 is 1.75 bits per heavy atom. The summed E-state index contributed by atoms with van der Waals surface area (Å²) in [6.45, 7) is 3.26. The zero-order valence-electron chi connectivity index (χ0n) is 17.1. The molecule has 162 valence electrons. The van der Waals surface area contributed by atoms with Gasteiger partial charge < -0.3 is 23.0 Å². The Hall–Kier alpha value is -4.33. The van der Waals surface area contributed by atoms with Crippen LogP contribution in [0.1, 0.15) is 0 Å². The molecule has 0 amide bonds. The molecule has 2 heterocycles. The average Bonchev–Trinajstić information content (AvgIpc) is 2.79. The zero-order chi connectivity index (χ0) is 22.7. The summed E-state index contributed by atoms with van der Waals surface area (Å²) in [6, 6.07) is 12.7. The van der Waals surface area contributed by atoms with E-state index in [-0.39, 0.29) is 24.4 Å². The Labute approximate surface area is 181 Å². The molecule has 0 aliphatic heterocycles. The minimum absolute atomic E-state index is 0.0941. The van der Waals surface area contributed by atoms with Gasteiger partial charge >= 0.3 is 17.2 Å². The lowest BCUT2D eigenvalue weighted by atomic mass is 10.0. The summed E-state index contributed by atoms with van der Waals surface area (Å²) in [5.41, 5.74) is -0.0831. The standard InChI is InChI=1S/C24H18O8/c1-3-8-29-23(26)13-30-16-5-4-14-9-19(24(27)32-20(14)11-16)18-12-22(25)31-21-10-15(28-2)6-7-17(18)21/h3-7,9-12H,1,8,13H2,2H3. The van der Waals surface area contributed by atoms with Crippen molar-refractivity contribution in [3.8, 4) is 22.6 Å². The summed E-state index contributed by atoms with van der Waals surface area (Å²) in [5, 5.41) is 1.17. The molecule has 0 unspecified atom stereocenters. The van der Waals surface area contributed by atoms with Gasteiger partial charge in [0, 0.05) is 34.5 Å². The van der Waals surface area contributed by atoms with Crippen LogP contribution in [0.3, 0.4) is 0 Å². The number of carbonyl (C=O) groups is 1. The Bertz CT molecular complexity index is 1440. The smallest absolute Gasteiger partial charge is 0.344 e. The number of ether oxygens (including phenoxy) is 3. The summed E-state index contributed by atoms with van der Waals surface area (Å²) in [7, 11) is 1.50. The number of fused-ring (bicyclic) bond motifs is 2. The fourth-order valence-electron chi connectivity index (χ4n) is 3.20. The van der Waals surface area contributed by atoms with Gasteiger partial charge in [0.1, 0.15) is 29.3 Å². The first-order valence-corrected chi connectivity index (χ1v) is 9.58. The summed E-state index contributed by atoms with van der Waals surface area (Å²) < 4.78 is 26.1. The molecular weight excluding hydrogens is 416 g/mol. The van der Waals surface area contributed by atoms with E-state index < -0.39 is 17.2 Å². The molecule has 0 N–H and O–H groups in total. The van der Waals surface area contributed by atoms with Gasteiger partial charge in [-0.2, -0.15) is 0 Å². The molecule has 8 heteroatoms. The number of hydrogen-bond donors (Lipinski definition) is 0. The Kier molecular flexibility index (Phi) is 5.76. The fraction of sp³-hybridized carbons (Fsp3) is 0.125. The van der Waals surface area contributed by atoms with Crippen molar-refractivity contribution in [3.05, 3.63) is 82.0 Å². The van der Waals surface area contributed by atoms with Crippen molar-refractivity contribution in [2.24, 2.45) is 0 Å². The topological polar surface area (TPSA) is 105 Å². The highest BCUT2D eigenvalue weighted by Crippen LogP contribution is 2.30. The molecule has 0 saturated carbocycles. The van der Waals surface area contributed by atoms with Gasteiger partial charge in [-0.1, -0.05) is 12.7 Å². The molecule has 0 saturated heterocycles. The van der Waals surface area contributed by atoms with E-state index in [1.54, 1.807) is 36.4 Å². The van der Waals surface area contributed by atoms with Gasteiger partial charge in [-0.25, -0.2) is 14.4 Å². The predicted molar refractivity (Wildman–Crippen MR) is 117 cm³/mol. The van der Waals surface area contributed by atoms with E-state index in [0.717, 1.165) is 0 Å². The Balaban J connectivity index is 1.72. The highest BCUT2D eigenvalue weighted by atomic mass is 16.6. The number of benzene rings is 2. The van der Waals surface area contributed by atoms with Crippen molar-refractivity contribution in [1.29, 1.82) is 0 Å². The van der Waals surface area contributed by atoms with Crippen molar-refractivity contribution in [2.75, 3.05) is 20.3 Å². The normalized spacial score (nSPS) is 10.8. The maximum absolute atomic E-state index is 12.8. The number of methoxy groups -OCH3 is 1.